The van der Waals surface area contributed by atoms with Crippen molar-refractivity contribution in [1.82, 2.24) is 29.9 Å². The van der Waals surface area contributed by atoms with E-state index in [9.17, 15) is 29.8 Å². The highest BCUT2D eigenvalue weighted by atomic mass is 35.5. The highest BCUT2D eigenvalue weighted by molar-refractivity contribution is 6.18. The highest BCUT2D eigenvalue weighted by Crippen LogP contribution is 2.41. The molecule has 0 unspecified atom stereocenters. The second kappa shape index (κ2) is 13.9. The lowest BCUT2D eigenvalue weighted by atomic mass is 9.78. The number of piperidine rings is 2. The Hall–Kier alpha value is -1.84. The van der Waals surface area contributed by atoms with Gasteiger partial charge in [-0.3, -0.25) is 0 Å². The van der Waals surface area contributed by atoms with E-state index >= 15 is 0 Å². The maximum atomic E-state index is 13.7. The van der Waals surface area contributed by atoms with E-state index in [1.165, 1.54) is 9.80 Å². The number of hydrogen-bond donors (Lipinski definition) is 0. The number of halogens is 2. The third-order valence-electron chi connectivity index (χ3n) is 8.33. The first-order chi connectivity index (χ1) is 19.3. The van der Waals surface area contributed by atoms with E-state index in [1.54, 1.807) is 55.4 Å². The zero-order valence-corrected chi connectivity index (χ0v) is 27.5. The van der Waals surface area contributed by atoms with Crippen molar-refractivity contribution in [3.63, 3.8) is 0 Å². The summed E-state index contributed by atoms with van der Waals surface area (Å²) in [5.74, 6) is -0.0511. The zero-order valence-electron chi connectivity index (χ0n) is 26.0. The molecule has 2 aliphatic rings. The topological polar surface area (TPSA) is 152 Å². The molecule has 2 heterocycles. The van der Waals surface area contributed by atoms with Crippen LogP contribution in [0, 0.1) is 9.81 Å². The molecule has 0 aromatic rings. The number of rotatable bonds is 11. The van der Waals surface area contributed by atoms with Gasteiger partial charge in [0, 0.05) is 59.1 Å². The summed E-state index contributed by atoms with van der Waals surface area (Å²) in [6.45, 7) is 14.0. The van der Waals surface area contributed by atoms with E-state index in [1.807, 2.05) is 0 Å². The monoisotopic (exact) mass is 636 g/mol. The van der Waals surface area contributed by atoms with Crippen LogP contribution in [0.5, 0.6) is 0 Å². The molecule has 0 bridgehead atoms. The molecule has 0 N–H and O–H groups in total. The van der Waals surface area contributed by atoms with E-state index in [0.29, 0.717) is 25.7 Å². The molecule has 2 aliphatic heterocycles. The van der Waals surface area contributed by atoms with Crippen LogP contribution in [-0.4, -0.2) is 114 Å². The molecule has 2 radical (unpaired) electrons. The number of hydroxylamine groups is 4. The van der Waals surface area contributed by atoms with Crippen LogP contribution < -0.4 is 0 Å². The predicted molar refractivity (Wildman–Crippen MR) is 158 cm³/mol. The van der Waals surface area contributed by atoms with Crippen LogP contribution in [0.3, 0.4) is 0 Å². The van der Waals surface area contributed by atoms with Crippen LogP contribution in [0.25, 0.3) is 0 Å². The SMILES string of the molecule is CC1(C)CC(N(CCN(C(=O)N(CCCl)N=O)C2CC(C)(C)N([O])C(C)(C)C2)C(=O)N(CCCl)N=O)CC(C)(C)N1[O]. The van der Waals surface area contributed by atoms with Crippen LogP contribution >= 0.6 is 23.2 Å². The second-order valence-corrected chi connectivity index (χ2v) is 14.5. The number of carbonyl (C=O) groups excluding carboxylic acids is 2. The van der Waals surface area contributed by atoms with Crippen LogP contribution in [0.4, 0.5) is 9.59 Å². The third kappa shape index (κ3) is 8.00. The summed E-state index contributed by atoms with van der Waals surface area (Å²) in [4.78, 5) is 53.7. The summed E-state index contributed by atoms with van der Waals surface area (Å²) in [6, 6.07) is -2.36. The third-order valence-corrected chi connectivity index (χ3v) is 8.66. The van der Waals surface area contributed by atoms with Gasteiger partial charge in [-0.25, -0.2) is 9.59 Å². The maximum Gasteiger partial charge on any atom is 0.343 e. The smallest absolute Gasteiger partial charge is 0.318 e. The Morgan fingerprint density at radius 3 is 1.10 bits per heavy atom. The molecule has 16 heteroatoms. The molecule has 2 fully saturated rings. The van der Waals surface area contributed by atoms with E-state index < -0.39 is 46.3 Å². The van der Waals surface area contributed by atoms with Gasteiger partial charge >= 0.3 is 12.1 Å². The van der Waals surface area contributed by atoms with Gasteiger partial charge in [0.2, 0.25) is 0 Å². The van der Waals surface area contributed by atoms with Gasteiger partial charge in [0.05, 0.1) is 23.7 Å². The number of carbonyl (C=O) groups is 2. The molecular formula is C26H46Cl2N8O6. The minimum absolute atomic E-state index is 0.0255. The van der Waals surface area contributed by atoms with E-state index in [-0.39, 0.29) is 37.9 Å². The summed E-state index contributed by atoms with van der Waals surface area (Å²) in [7, 11) is 0. The second-order valence-electron chi connectivity index (χ2n) is 13.7. The van der Waals surface area contributed by atoms with Crippen molar-refractivity contribution in [3.05, 3.63) is 9.81 Å². The molecule has 0 aromatic heterocycles. The number of nitrogens with zero attached hydrogens (tertiary/aromatic N) is 8. The molecule has 4 amide bonds. The molecule has 42 heavy (non-hydrogen) atoms. The number of hydrogen-bond acceptors (Lipinski definition) is 8. The number of urea groups is 2. The minimum atomic E-state index is -0.833. The normalized spacial score (nSPS) is 22.3. The zero-order chi connectivity index (χ0) is 32.3. The van der Waals surface area contributed by atoms with Crippen molar-refractivity contribution >= 4 is 35.3 Å². The van der Waals surface area contributed by atoms with Crippen LogP contribution in [0.1, 0.15) is 81.1 Å². The van der Waals surface area contributed by atoms with Gasteiger partial charge in [-0.05, 0) is 81.1 Å². The first-order valence-corrected chi connectivity index (χ1v) is 15.3. The van der Waals surface area contributed by atoms with Gasteiger partial charge in [0.25, 0.3) is 0 Å². The Bertz CT molecular complexity index is 872. The highest BCUT2D eigenvalue weighted by Gasteiger charge is 2.51. The molecule has 0 aromatic carbocycles. The Balaban J connectivity index is 2.53. The Labute approximate surface area is 258 Å². The van der Waals surface area contributed by atoms with Gasteiger partial charge in [-0.2, -0.15) is 10.0 Å². The van der Waals surface area contributed by atoms with E-state index in [2.05, 4.69) is 10.6 Å². The average molecular weight is 638 g/mol. The van der Waals surface area contributed by atoms with Crippen molar-refractivity contribution in [1.29, 1.82) is 0 Å². The Kier molecular flexibility index (Phi) is 12.0. The number of amides is 4. The lowest BCUT2D eigenvalue weighted by molar-refractivity contribution is -0.294. The first kappa shape index (κ1) is 36.4. The molecule has 0 saturated carbocycles. The standard InChI is InChI=1S/C26H46Cl2N8O6/c1-23(2)15-19(16-24(3,4)35(23)41)31(21(37)33(29-39)11-9-27)13-14-32(22(38)34(30-40)12-10-28)20-17-25(5,6)36(42)26(7,8)18-20/h19-20H,9-18H2,1-8H3. The van der Waals surface area contributed by atoms with E-state index in [4.69, 9.17) is 23.2 Å². The van der Waals surface area contributed by atoms with Crippen molar-refractivity contribution in [3.8, 4) is 0 Å². The van der Waals surface area contributed by atoms with Crippen molar-refractivity contribution < 1.29 is 20.0 Å². The lowest BCUT2D eigenvalue weighted by Gasteiger charge is -2.53. The summed E-state index contributed by atoms with van der Waals surface area (Å²) < 4.78 is 0. The fraction of sp³-hybridized carbons (Fsp3) is 0.923. The molecular weight excluding hydrogens is 591 g/mol. The largest absolute Gasteiger partial charge is 0.343 e. The van der Waals surface area contributed by atoms with Gasteiger partial charge < -0.3 is 9.80 Å². The minimum Gasteiger partial charge on any atom is -0.318 e. The fourth-order valence-corrected chi connectivity index (χ4v) is 7.07. The quantitative estimate of drug-likeness (QED) is 0.176. The van der Waals surface area contributed by atoms with Gasteiger partial charge in [-0.15, -0.1) is 53.6 Å². The summed E-state index contributed by atoms with van der Waals surface area (Å²) in [5, 5.41) is 35.4. The molecule has 0 spiro atoms. The van der Waals surface area contributed by atoms with Crippen molar-refractivity contribution in [2.24, 2.45) is 10.6 Å². The fourth-order valence-electron chi connectivity index (χ4n) is 6.75. The van der Waals surface area contributed by atoms with Gasteiger partial charge in [0.1, 0.15) is 0 Å². The summed E-state index contributed by atoms with van der Waals surface area (Å²) in [6.07, 6.45) is 1.21. The van der Waals surface area contributed by atoms with Crippen LogP contribution in [0.15, 0.2) is 10.6 Å². The summed E-state index contributed by atoms with van der Waals surface area (Å²) >= 11 is 11.7. The number of nitroso groups, excluding NO2 is 2. The predicted octanol–water partition coefficient (Wildman–Crippen LogP) is 5.01. The molecule has 2 saturated heterocycles. The average Bonchev–Trinajstić information content (AvgIpc) is 2.88. The lowest BCUT2D eigenvalue weighted by Crippen LogP contribution is -2.65. The molecule has 0 aliphatic carbocycles. The molecule has 0 atom stereocenters. The maximum absolute atomic E-state index is 13.7. The molecule has 2 rings (SSSR count). The Morgan fingerprint density at radius 1 is 0.619 bits per heavy atom. The van der Waals surface area contributed by atoms with Crippen molar-refractivity contribution in [2.75, 3.05) is 37.9 Å². The van der Waals surface area contributed by atoms with Gasteiger partial charge in [-0.1, -0.05) is 0 Å². The first-order valence-electron chi connectivity index (χ1n) is 14.2. The van der Waals surface area contributed by atoms with Crippen LogP contribution in [0.2, 0.25) is 0 Å². The van der Waals surface area contributed by atoms with E-state index in [0.717, 1.165) is 20.1 Å². The van der Waals surface area contributed by atoms with Crippen molar-refractivity contribution in [2.45, 2.75) is 115 Å². The van der Waals surface area contributed by atoms with Crippen LogP contribution in [-0.2, 0) is 10.4 Å². The number of alkyl halides is 2. The molecule has 14 nitrogen and oxygen atoms in total. The van der Waals surface area contributed by atoms with Gasteiger partial charge in [0.15, 0.2) is 0 Å². The molecule has 240 valence electrons. The Morgan fingerprint density at radius 2 is 0.881 bits per heavy atom. The summed E-state index contributed by atoms with van der Waals surface area (Å²) in [5.41, 5.74) is -3.33.